The molecule has 182 valence electrons. The summed E-state index contributed by atoms with van der Waals surface area (Å²) in [5.41, 5.74) is 1.74. The molecule has 1 aliphatic heterocycles. The van der Waals surface area contributed by atoms with Gasteiger partial charge in [-0.1, -0.05) is 35.4 Å². The third kappa shape index (κ3) is 5.29. The molecular weight excluding hydrogens is 484 g/mol. The molecule has 1 aliphatic rings. The summed E-state index contributed by atoms with van der Waals surface area (Å²) in [7, 11) is 0. The number of halogens is 1. The maximum Gasteiger partial charge on any atom is 0.343 e. The largest absolute Gasteiger partial charge is 0.490 e. The Morgan fingerprint density at radius 2 is 1.75 bits per heavy atom. The number of urea groups is 1. The smallest absolute Gasteiger partial charge is 0.343 e. The van der Waals surface area contributed by atoms with Gasteiger partial charge < -0.3 is 9.47 Å². The number of amides is 4. The fraction of sp³-hybridized carbons (Fsp3) is 0.111. The summed E-state index contributed by atoms with van der Waals surface area (Å²) < 4.78 is 11.2. The molecule has 0 bridgehead atoms. The average Bonchev–Trinajstić information content (AvgIpc) is 2.84. The van der Waals surface area contributed by atoms with E-state index in [-0.39, 0.29) is 29.4 Å². The molecule has 1 fully saturated rings. The van der Waals surface area contributed by atoms with E-state index in [9.17, 15) is 19.2 Å². The molecule has 0 radical (unpaired) electrons. The molecule has 3 aromatic carbocycles. The number of aryl methyl sites for hydroxylation is 1. The number of esters is 1. The van der Waals surface area contributed by atoms with Crippen molar-refractivity contribution in [2.75, 3.05) is 11.5 Å². The van der Waals surface area contributed by atoms with E-state index in [0.717, 1.165) is 10.5 Å². The van der Waals surface area contributed by atoms with Crippen molar-refractivity contribution in [1.82, 2.24) is 5.32 Å². The number of rotatable bonds is 6. The van der Waals surface area contributed by atoms with Crippen LogP contribution in [0.25, 0.3) is 6.08 Å². The van der Waals surface area contributed by atoms with Crippen molar-refractivity contribution in [3.8, 4) is 11.5 Å². The molecule has 0 spiro atoms. The number of benzene rings is 3. The zero-order valence-electron chi connectivity index (χ0n) is 19.4. The van der Waals surface area contributed by atoms with Crippen LogP contribution in [0.4, 0.5) is 10.5 Å². The van der Waals surface area contributed by atoms with Gasteiger partial charge in [-0.15, -0.1) is 0 Å². The van der Waals surface area contributed by atoms with E-state index in [1.54, 1.807) is 37.3 Å². The predicted molar refractivity (Wildman–Crippen MR) is 134 cm³/mol. The lowest BCUT2D eigenvalue weighted by Crippen LogP contribution is -2.54. The number of anilines is 1. The van der Waals surface area contributed by atoms with Crippen LogP contribution in [0.1, 0.15) is 28.4 Å². The Morgan fingerprint density at radius 1 is 1.00 bits per heavy atom. The molecule has 36 heavy (non-hydrogen) atoms. The lowest BCUT2D eigenvalue weighted by atomic mass is 10.1. The molecule has 4 amide bonds. The van der Waals surface area contributed by atoms with Crippen molar-refractivity contribution >= 4 is 47.2 Å². The van der Waals surface area contributed by atoms with E-state index in [1.165, 1.54) is 36.4 Å². The fourth-order valence-corrected chi connectivity index (χ4v) is 3.67. The van der Waals surface area contributed by atoms with Gasteiger partial charge in [0.2, 0.25) is 0 Å². The third-order valence-corrected chi connectivity index (χ3v) is 5.47. The fourth-order valence-electron chi connectivity index (χ4n) is 3.55. The number of imide groups is 2. The van der Waals surface area contributed by atoms with Gasteiger partial charge in [0.1, 0.15) is 5.57 Å². The number of barbiturate groups is 1. The van der Waals surface area contributed by atoms with Crippen LogP contribution in [0.5, 0.6) is 11.5 Å². The minimum Gasteiger partial charge on any atom is -0.490 e. The molecule has 4 rings (SSSR count). The van der Waals surface area contributed by atoms with Gasteiger partial charge in [-0.25, -0.2) is 14.5 Å². The zero-order chi connectivity index (χ0) is 25.8. The van der Waals surface area contributed by atoms with Crippen LogP contribution < -0.4 is 19.7 Å². The van der Waals surface area contributed by atoms with Crippen LogP contribution in [-0.2, 0) is 9.59 Å². The summed E-state index contributed by atoms with van der Waals surface area (Å²) in [5.74, 6) is -1.74. The van der Waals surface area contributed by atoms with Gasteiger partial charge in [0.15, 0.2) is 11.5 Å². The lowest BCUT2D eigenvalue weighted by molar-refractivity contribution is -0.122. The first-order chi connectivity index (χ1) is 17.3. The van der Waals surface area contributed by atoms with Crippen molar-refractivity contribution < 1.29 is 28.7 Å². The van der Waals surface area contributed by atoms with E-state index in [0.29, 0.717) is 16.1 Å². The van der Waals surface area contributed by atoms with E-state index >= 15 is 0 Å². The minimum absolute atomic E-state index is 0.183. The number of carbonyl (C=O) groups is 4. The number of hydrogen-bond acceptors (Lipinski definition) is 6. The Kier molecular flexibility index (Phi) is 7.17. The SMILES string of the molecule is CCOc1cc(/C=C2\C(=O)NC(=O)N(c3ccc(Cl)cc3)C2=O)ccc1OC(=O)c1cccc(C)c1. The number of nitrogens with zero attached hydrogens (tertiary/aromatic N) is 1. The highest BCUT2D eigenvalue weighted by molar-refractivity contribution is 6.39. The van der Waals surface area contributed by atoms with Crippen molar-refractivity contribution in [3.63, 3.8) is 0 Å². The summed E-state index contributed by atoms with van der Waals surface area (Å²) in [6, 6.07) is 16.8. The molecule has 0 unspecified atom stereocenters. The Labute approximate surface area is 212 Å². The highest BCUT2D eigenvalue weighted by Crippen LogP contribution is 2.31. The third-order valence-electron chi connectivity index (χ3n) is 5.22. The second-order valence-corrected chi connectivity index (χ2v) is 8.27. The van der Waals surface area contributed by atoms with Gasteiger partial charge in [0.05, 0.1) is 17.9 Å². The summed E-state index contributed by atoms with van der Waals surface area (Å²) in [4.78, 5) is 51.4. The monoisotopic (exact) mass is 504 g/mol. The topological polar surface area (TPSA) is 102 Å². The van der Waals surface area contributed by atoms with Crippen LogP contribution >= 0.6 is 11.6 Å². The van der Waals surface area contributed by atoms with Crippen LogP contribution in [0.15, 0.2) is 72.3 Å². The Balaban J connectivity index is 1.64. The Morgan fingerprint density at radius 3 is 2.44 bits per heavy atom. The van der Waals surface area contributed by atoms with Crippen LogP contribution in [0.3, 0.4) is 0 Å². The molecule has 0 aliphatic carbocycles. The van der Waals surface area contributed by atoms with Crippen LogP contribution in [0, 0.1) is 6.92 Å². The maximum absolute atomic E-state index is 13.1. The molecule has 8 nitrogen and oxygen atoms in total. The second-order valence-electron chi connectivity index (χ2n) is 7.83. The maximum atomic E-state index is 13.1. The average molecular weight is 505 g/mol. The van der Waals surface area contributed by atoms with E-state index in [1.807, 2.05) is 13.0 Å². The molecule has 3 aromatic rings. The van der Waals surface area contributed by atoms with Gasteiger partial charge in [0.25, 0.3) is 11.8 Å². The quantitative estimate of drug-likeness (QED) is 0.221. The van der Waals surface area contributed by atoms with Gasteiger partial charge in [-0.2, -0.15) is 0 Å². The van der Waals surface area contributed by atoms with Crippen LogP contribution in [-0.4, -0.2) is 30.4 Å². The standard InChI is InChI=1S/C27H21ClN2O6/c1-3-35-23-15-17(7-12-22(23)36-26(33)18-6-4-5-16(2)13-18)14-21-24(31)29-27(34)30(25(21)32)20-10-8-19(28)9-11-20/h4-15H,3H2,1-2H3,(H,29,31,34)/b21-14+. The number of ether oxygens (including phenoxy) is 2. The second kappa shape index (κ2) is 10.5. The molecule has 1 N–H and O–H groups in total. The summed E-state index contributed by atoms with van der Waals surface area (Å²) in [5, 5.41) is 2.60. The van der Waals surface area contributed by atoms with E-state index in [2.05, 4.69) is 5.32 Å². The molecule has 9 heteroatoms. The highest BCUT2D eigenvalue weighted by atomic mass is 35.5. The summed E-state index contributed by atoms with van der Waals surface area (Å²) >= 11 is 5.90. The van der Waals surface area contributed by atoms with E-state index < -0.39 is 23.8 Å². The molecule has 0 aromatic heterocycles. The lowest BCUT2D eigenvalue weighted by Gasteiger charge is -2.26. The van der Waals surface area contributed by atoms with Crippen molar-refractivity contribution in [2.45, 2.75) is 13.8 Å². The number of hydrogen-bond donors (Lipinski definition) is 1. The predicted octanol–water partition coefficient (Wildman–Crippen LogP) is 4.93. The number of carbonyl (C=O) groups excluding carboxylic acids is 4. The molecule has 1 saturated heterocycles. The zero-order valence-corrected chi connectivity index (χ0v) is 20.2. The van der Waals surface area contributed by atoms with E-state index in [4.69, 9.17) is 21.1 Å². The summed E-state index contributed by atoms with van der Waals surface area (Å²) in [6.45, 7) is 3.92. The minimum atomic E-state index is -0.863. The molecular formula is C27H21ClN2O6. The first kappa shape index (κ1) is 24.7. The summed E-state index contributed by atoms with van der Waals surface area (Å²) in [6.07, 6.45) is 1.34. The van der Waals surface area contributed by atoms with Crippen molar-refractivity contribution in [1.29, 1.82) is 0 Å². The van der Waals surface area contributed by atoms with Crippen molar-refractivity contribution in [3.05, 3.63) is 94.0 Å². The van der Waals surface area contributed by atoms with Crippen molar-refractivity contribution in [2.24, 2.45) is 0 Å². The first-order valence-electron chi connectivity index (χ1n) is 11.0. The normalized spacial score (nSPS) is 14.6. The molecule has 0 saturated carbocycles. The van der Waals surface area contributed by atoms with Gasteiger partial charge in [-0.3, -0.25) is 14.9 Å². The van der Waals surface area contributed by atoms with Gasteiger partial charge >= 0.3 is 12.0 Å². The highest BCUT2D eigenvalue weighted by Gasteiger charge is 2.36. The van der Waals surface area contributed by atoms with Gasteiger partial charge in [0, 0.05) is 5.02 Å². The Bertz CT molecular complexity index is 1400. The Hall–Kier alpha value is -4.43. The van der Waals surface area contributed by atoms with Crippen LogP contribution in [0.2, 0.25) is 5.02 Å². The molecule has 1 heterocycles. The molecule has 0 atom stereocenters. The van der Waals surface area contributed by atoms with Gasteiger partial charge in [-0.05, 0) is 74.0 Å². The first-order valence-corrected chi connectivity index (χ1v) is 11.4. The number of nitrogens with one attached hydrogen (secondary N) is 1.